The van der Waals surface area contributed by atoms with E-state index in [0.717, 1.165) is 5.56 Å². The lowest BCUT2D eigenvalue weighted by Crippen LogP contribution is -2.50. The lowest BCUT2D eigenvalue weighted by atomic mass is 10.2. The van der Waals surface area contributed by atoms with Crippen LogP contribution in [0.2, 0.25) is 0 Å². The summed E-state index contributed by atoms with van der Waals surface area (Å²) >= 11 is 1.58. The van der Waals surface area contributed by atoms with Crippen LogP contribution in [0, 0.1) is 6.92 Å². The molecule has 2 rings (SSSR count). The zero-order chi connectivity index (χ0) is 22.6. The van der Waals surface area contributed by atoms with Gasteiger partial charge in [-0.25, -0.2) is 0 Å². The van der Waals surface area contributed by atoms with Gasteiger partial charge in [0.05, 0.1) is 6.54 Å². The monoisotopic (exact) mass is 443 g/mol. The van der Waals surface area contributed by atoms with Gasteiger partial charge in [-0.2, -0.15) is 11.8 Å². The predicted octanol–water partition coefficient (Wildman–Crippen LogP) is 2.71. The predicted molar refractivity (Wildman–Crippen MR) is 124 cm³/mol. The molecule has 0 spiro atoms. The van der Waals surface area contributed by atoms with E-state index in [1.165, 1.54) is 4.90 Å². The van der Waals surface area contributed by atoms with Crippen LogP contribution in [0.1, 0.15) is 12.0 Å². The fourth-order valence-electron chi connectivity index (χ4n) is 2.79. The highest BCUT2D eigenvalue weighted by Crippen LogP contribution is 2.10. The average molecular weight is 444 g/mol. The molecule has 2 aromatic carbocycles. The number of anilines is 1. The molecule has 0 aliphatic carbocycles. The van der Waals surface area contributed by atoms with Gasteiger partial charge in [0.15, 0.2) is 6.61 Å². The zero-order valence-electron chi connectivity index (χ0n) is 18.1. The molecule has 0 saturated heterocycles. The molecule has 31 heavy (non-hydrogen) atoms. The van der Waals surface area contributed by atoms with E-state index in [-0.39, 0.29) is 30.9 Å². The zero-order valence-corrected chi connectivity index (χ0v) is 18.9. The second-order valence-electron chi connectivity index (χ2n) is 7.11. The first kappa shape index (κ1) is 24.3. The molecule has 2 aromatic rings. The van der Waals surface area contributed by atoms with Crippen LogP contribution in [0.4, 0.5) is 5.69 Å². The largest absolute Gasteiger partial charge is 0.484 e. The van der Waals surface area contributed by atoms with Gasteiger partial charge in [0.2, 0.25) is 11.8 Å². The van der Waals surface area contributed by atoms with Crippen molar-refractivity contribution in [1.29, 1.82) is 0 Å². The summed E-state index contributed by atoms with van der Waals surface area (Å²) in [5, 5.41) is 5.50. The minimum atomic E-state index is -0.725. The van der Waals surface area contributed by atoms with Crippen molar-refractivity contribution in [2.75, 3.05) is 37.5 Å². The summed E-state index contributed by atoms with van der Waals surface area (Å²) in [7, 11) is 1.55. The maximum absolute atomic E-state index is 12.9. The molecule has 0 unspecified atom stereocenters. The number of hydrogen-bond acceptors (Lipinski definition) is 5. The number of para-hydroxylation sites is 1. The molecule has 2 N–H and O–H groups in total. The van der Waals surface area contributed by atoms with Crippen LogP contribution in [0.25, 0.3) is 0 Å². The summed E-state index contributed by atoms with van der Waals surface area (Å²) in [6, 6.07) is 15.7. The highest BCUT2D eigenvalue weighted by Gasteiger charge is 2.25. The summed E-state index contributed by atoms with van der Waals surface area (Å²) in [4.78, 5) is 38.8. The number of nitrogens with one attached hydrogen (secondary N) is 2. The molecule has 0 aromatic heterocycles. The van der Waals surface area contributed by atoms with E-state index in [2.05, 4.69) is 10.6 Å². The molecule has 1 atom stereocenters. The van der Waals surface area contributed by atoms with E-state index >= 15 is 0 Å². The second-order valence-corrected chi connectivity index (χ2v) is 8.10. The third kappa shape index (κ3) is 8.72. The van der Waals surface area contributed by atoms with E-state index in [0.29, 0.717) is 23.6 Å². The topological polar surface area (TPSA) is 87.7 Å². The third-order valence-electron chi connectivity index (χ3n) is 4.45. The van der Waals surface area contributed by atoms with Gasteiger partial charge in [-0.1, -0.05) is 35.9 Å². The highest BCUT2D eigenvalue weighted by atomic mass is 32.2. The second kappa shape index (κ2) is 12.6. The maximum Gasteiger partial charge on any atom is 0.258 e. The number of amides is 3. The molecule has 0 saturated carbocycles. The Bertz CT molecular complexity index is 859. The quantitative estimate of drug-likeness (QED) is 0.558. The van der Waals surface area contributed by atoms with Crippen LogP contribution in [0.15, 0.2) is 54.6 Å². The molecule has 7 nitrogen and oxygen atoms in total. The van der Waals surface area contributed by atoms with Crippen molar-refractivity contribution in [3.05, 3.63) is 60.2 Å². The number of ether oxygens (including phenoxy) is 1. The van der Waals surface area contributed by atoms with Gasteiger partial charge in [0, 0.05) is 12.7 Å². The molecule has 0 fully saturated rings. The molecule has 0 bridgehead atoms. The Hall–Kier alpha value is -3.00. The third-order valence-corrected chi connectivity index (χ3v) is 5.09. The van der Waals surface area contributed by atoms with Crippen LogP contribution >= 0.6 is 11.8 Å². The Labute approximate surface area is 187 Å². The van der Waals surface area contributed by atoms with Gasteiger partial charge < -0.3 is 20.3 Å². The molecule has 0 aliphatic heterocycles. The first-order valence-corrected chi connectivity index (χ1v) is 11.4. The lowest BCUT2D eigenvalue weighted by Gasteiger charge is -2.24. The minimum Gasteiger partial charge on any atom is -0.484 e. The Balaban J connectivity index is 1.89. The van der Waals surface area contributed by atoms with Crippen molar-refractivity contribution in [3.8, 4) is 5.75 Å². The van der Waals surface area contributed by atoms with E-state index < -0.39 is 6.04 Å². The number of carbonyl (C=O) groups excluding carboxylic acids is 3. The van der Waals surface area contributed by atoms with Crippen molar-refractivity contribution >= 4 is 35.2 Å². The summed E-state index contributed by atoms with van der Waals surface area (Å²) in [5.74, 6) is 0.262. The van der Waals surface area contributed by atoms with Crippen molar-refractivity contribution in [2.24, 2.45) is 0 Å². The van der Waals surface area contributed by atoms with E-state index in [9.17, 15) is 14.4 Å². The summed E-state index contributed by atoms with van der Waals surface area (Å²) in [6.45, 7) is 1.66. The van der Waals surface area contributed by atoms with Crippen LogP contribution in [-0.4, -0.2) is 60.9 Å². The molecular formula is C23H29N3O4S. The molecule has 3 amide bonds. The fourth-order valence-corrected chi connectivity index (χ4v) is 3.26. The lowest BCUT2D eigenvalue weighted by molar-refractivity contribution is -0.137. The Kier molecular flexibility index (Phi) is 9.90. The molecular weight excluding hydrogens is 414 g/mol. The standard InChI is InChI=1S/C23H29N3O4S/c1-17-9-11-18(12-10-17)24-21(27)15-26(2)23(29)20(13-14-31-3)25-22(28)16-30-19-7-5-4-6-8-19/h4-12,20H,13-16H2,1-3H3,(H,24,27)(H,25,28)/t20-/m0/s1. The molecule has 166 valence electrons. The van der Waals surface area contributed by atoms with E-state index in [1.54, 1.807) is 30.9 Å². The van der Waals surface area contributed by atoms with Gasteiger partial charge in [-0.3, -0.25) is 14.4 Å². The Morgan fingerprint density at radius 1 is 1.03 bits per heavy atom. The van der Waals surface area contributed by atoms with Crippen LogP contribution in [-0.2, 0) is 14.4 Å². The smallest absolute Gasteiger partial charge is 0.258 e. The SMILES string of the molecule is CSCC[C@H](NC(=O)COc1ccccc1)C(=O)N(C)CC(=O)Nc1ccc(C)cc1. The molecule has 0 radical (unpaired) electrons. The van der Waals surface area contributed by atoms with E-state index in [4.69, 9.17) is 4.74 Å². The van der Waals surface area contributed by atoms with Crippen molar-refractivity contribution in [1.82, 2.24) is 10.2 Å². The van der Waals surface area contributed by atoms with Gasteiger partial charge in [-0.05, 0) is 49.6 Å². The van der Waals surface area contributed by atoms with Gasteiger partial charge in [0.1, 0.15) is 11.8 Å². The first-order valence-electron chi connectivity index (χ1n) is 9.96. The summed E-state index contributed by atoms with van der Waals surface area (Å²) in [5.41, 5.74) is 1.76. The number of thioether (sulfide) groups is 1. The number of rotatable bonds is 11. The van der Waals surface area contributed by atoms with Crippen LogP contribution in [0.3, 0.4) is 0 Å². The molecule has 0 heterocycles. The van der Waals surface area contributed by atoms with Crippen molar-refractivity contribution in [3.63, 3.8) is 0 Å². The average Bonchev–Trinajstić information content (AvgIpc) is 2.77. The number of aryl methyl sites for hydroxylation is 1. The summed E-state index contributed by atoms with van der Waals surface area (Å²) < 4.78 is 5.45. The first-order chi connectivity index (χ1) is 14.9. The number of carbonyl (C=O) groups is 3. The Morgan fingerprint density at radius 3 is 2.35 bits per heavy atom. The normalized spacial score (nSPS) is 11.3. The van der Waals surface area contributed by atoms with Crippen molar-refractivity contribution in [2.45, 2.75) is 19.4 Å². The summed E-state index contributed by atoms with van der Waals surface area (Å²) in [6.07, 6.45) is 2.39. The molecule has 8 heteroatoms. The Morgan fingerprint density at radius 2 is 1.71 bits per heavy atom. The van der Waals surface area contributed by atoms with Gasteiger partial charge in [0.25, 0.3) is 5.91 Å². The minimum absolute atomic E-state index is 0.112. The maximum atomic E-state index is 12.9. The van der Waals surface area contributed by atoms with E-state index in [1.807, 2.05) is 55.6 Å². The van der Waals surface area contributed by atoms with Gasteiger partial charge in [-0.15, -0.1) is 0 Å². The van der Waals surface area contributed by atoms with Crippen molar-refractivity contribution < 1.29 is 19.1 Å². The number of hydrogen-bond donors (Lipinski definition) is 2. The fraction of sp³-hybridized carbons (Fsp3) is 0.348. The van der Waals surface area contributed by atoms with Gasteiger partial charge >= 0.3 is 0 Å². The highest BCUT2D eigenvalue weighted by molar-refractivity contribution is 7.98. The number of likely N-dealkylation sites (N-methyl/N-ethyl adjacent to an activating group) is 1. The van der Waals surface area contributed by atoms with Crippen LogP contribution in [0.5, 0.6) is 5.75 Å². The number of nitrogens with zero attached hydrogens (tertiary/aromatic N) is 1. The molecule has 0 aliphatic rings. The van der Waals surface area contributed by atoms with Crippen LogP contribution < -0.4 is 15.4 Å². The number of benzene rings is 2.